The van der Waals surface area contributed by atoms with Gasteiger partial charge in [-0.2, -0.15) is 0 Å². The number of aryl methyl sites for hydroxylation is 1. The van der Waals surface area contributed by atoms with Crippen LogP contribution in [0, 0.1) is 6.92 Å². The fourth-order valence-corrected chi connectivity index (χ4v) is 1.27. The van der Waals surface area contributed by atoms with Crippen LogP contribution in [-0.4, -0.2) is 23.1 Å². The molecule has 1 aromatic rings. The maximum Gasteiger partial charge on any atom is 0.320 e. The Morgan fingerprint density at radius 2 is 2.12 bits per heavy atom. The lowest BCUT2D eigenvalue weighted by Gasteiger charge is -2.19. The van der Waals surface area contributed by atoms with Gasteiger partial charge in [0.05, 0.1) is 12.2 Å². The van der Waals surface area contributed by atoms with Crippen molar-refractivity contribution in [1.82, 2.24) is 10.3 Å². The number of pyridine rings is 1. The molecular formula is C13H20N2O2. The summed E-state index contributed by atoms with van der Waals surface area (Å²) in [5, 5.41) is 3.01. The van der Waals surface area contributed by atoms with Gasteiger partial charge in [-0.1, -0.05) is 6.07 Å². The van der Waals surface area contributed by atoms with Gasteiger partial charge in [-0.15, -0.1) is 0 Å². The van der Waals surface area contributed by atoms with Crippen molar-refractivity contribution in [2.75, 3.05) is 6.54 Å². The second-order valence-corrected chi connectivity index (χ2v) is 5.02. The van der Waals surface area contributed by atoms with Crippen molar-refractivity contribution in [3.63, 3.8) is 0 Å². The molecule has 0 unspecified atom stereocenters. The summed E-state index contributed by atoms with van der Waals surface area (Å²) in [6, 6.07) is 3.94. The molecule has 1 heterocycles. The van der Waals surface area contributed by atoms with E-state index in [1.807, 2.05) is 46.0 Å². The van der Waals surface area contributed by atoms with E-state index in [2.05, 4.69) is 10.3 Å². The normalized spacial score (nSPS) is 11.3. The van der Waals surface area contributed by atoms with E-state index in [1.54, 1.807) is 0 Å². The lowest BCUT2D eigenvalue weighted by Crippen LogP contribution is -2.31. The molecule has 4 nitrogen and oxygen atoms in total. The highest BCUT2D eigenvalue weighted by Gasteiger charge is 2.15. The van der Waals surface area contributed by atoms with Gasteiger partial charge in [0.15, 0.2) is 0 Å². The molecule has 0 saturated heterocycles. The molecule has 0 bridgehead atoms. The van der Waals surface area contributed by atoms with Crippen LogP contribution in [0.4, 0.5) is 0 Å². The summed E-state index contributed by atoms with van der Waals surface area (Å²) >= 11 is 0. The molecule has 0 fully saturated rings. The lowest BCUT2D eigenvalue weighted by molar-refractivity contribution is -0.153. The standard InChI is InChI=1S/C13H20N2O2/c1-10-5-6-11(15-7-10)8-14-9-12(16)17-13(2,3)4/h5-7,14H,8-9H2,1-4H3. The van der Waals surface area contributed by atoms with Crippen LogP contribution in [-0.2, 0) is 16.1 Å². The van der Waals surface area contributed by atoms with Gasteiger partial charge in [-0.25, -0.2) is 0 Å². The van der Waals surface area contributed by atoms with Crippen LogP contribution in [0.3, 0.4) is 0 Å². The summed E-state index contributed by atoms with van der Waals surface area (Å²) in [4.78, 5) is 15.6. The number of hydrogen-bond donors (Lipinski definition) is 1. The molecule has 0 spiro atoms. The third-order valence-corrected chi connectivity index (χ3v) is 1.97. The summed E-state index contributed by atoms with van der Waals surface area (Å²) in [5.41, 5.74) is 1.61. The number of ether oxygens (including phenoxy) is 1. The van der Waals surface area contributed by atoms with Crippen molar-refractivity contribution in [2.45, 2.75) is 39.8 Å². The van der Waals surface area contributed by atoms with Crippen LogP contribution < -0.4 is 5.32 Å². The smallest absolute Gasteiger partial charge is 0.320 e. The molecule has 17 heavy (non-hydrogen) atoms. The number of nitrogens with one attached hydrogen (secondary N) is 1. The van der Waals surface area contributed by atoms with Gasteiger partial charge < -0.3 is 10.1 Å². The Morgan fingerprint density at radius 3 is 2.65 bits per heavy atom. The van der Waals surface area contributed by atoms with Gasteiger partial charge in [0, 0.05) is 12.7 Å². The molecule has 0 aromatic carbocycles. The molecule has 0 aliphatic rings. The van der Waals surface area contributed by atoms with Gasteiger partial charge in [-0.05, 0) is 39.3 Å². The highest BCUT2D eigenvalue weighted by molar-refractivity contribution is 5.72. The van der Waals surface area contributed by atoms with E-state index in [1.165, 1.54) is 0 Å². The van der Waals surface area contributed by atoms with Crippen molar-refractivity contribution in [2.24, 2.45) is 0 Å². The number of nitrogens with zero attached hydrogens (tertiary/aromatic N) is 1. The number of hydrogen-bond acceptors (Lipinski definition) is 4. The monoisotopic (exact) mass is 236 g/mol. The van der Waals surface area contributed by atoms with Crippen molar-refractivity contribution >= 4 is 5.97 Å². The van der Waals surface area contributed by atoms with E-state index in [0.717, 1.165) is 11.3 Å². The minimum absolute atomic E-state index is 0.201. The Bertz CT molecular complexity index is 366. The molecule has 0 radical (unpaired) electrons. The molecule has 0 aliphatic heterocycles. The number of esters is 1. The molecule has 0 aliphatic carbocycles. The fraction of sp³-hybridized carbons (Fsp3) is 0.538. The Hall–Kier alpha value is -1.42. The highest BCUT2D eigenvalue weighted by atomic mass is 16.6. The molecular weight excluding hydrogens is 216 g/mol. The average molecular weight is 236 g/mol. The molecule has 94 valence electrons. The number of carbonyl (C=O) groups excluding carboxylic acids is 1. The van der Waals surface area contributed by atoms with E-state index in [0.29, 0.717) is 6.54 Å². The maximum absolute atomic E-state index is 11.4. The van der Waals surface area contributed by atoms with Crippen LogP contribution in [0.15, 0.2) is 18.3 Å². The van der Waals surface area contributed by atoms with Crippen LogP contribution in [0.25, 0.3) is 0 Å². The van der Waals surface area contributed by atoms with Crippen molar-refractivity contribution in [1.29, 1.82) is 0 Å². The Kier molecular flexibility index (Phi) is 4.63. The van der Waals surface area contributed by atoms with Gasteiger partial charge in [0.2, 0.25) is 0 Å². The minimum Gasteiger partial charge on any atom is -0.459 e. The zero-order valence-corrected chi connectivity index (χ0v) is 10.9. The van der Waals surface area contributed by atoms with Crippen LogP contribution >= 0.6 is 0 Å². The van der Waals surface area contributed by atoms with Crippen LogP contribution in [0.1, 0.15) is 32.0 Å². The lowest BCUT2D eigenvalue weighted by atomic mass is 10.2. The summed E-state index contributed by atoms with van der Waals surface area (Å²) in [7, 11) is 0. The molecule has 0 amide bonds. The number of rotatable bonds is 4. The highest BCUT2D eigenvalue weighted by Crippen LogP contribution is 2.06. The third-order valence-electron chi connectivity index (χ3n) is 1.97. The van der Waals surface area contributed by atoms with Crippen molar-refractivity contribution < 1.29 is 9.53 Å². The van der Waals surface area contributed by atoms with Gasteiger partial charge in [0.1, 0.15) is 5.60 Å². The average Bonchev–Trinajstić information content (AvgIpc) is 2.18. The predicted molar refractivity (Wildman–Crippen MR) is 66.5 cm³/mol. The molecule has 1 N–H and O–H groups in total. The van der Waals surface area contributed by atoms with Gasteiger partial charge >= 0.3 is 5.97 Å². The Labute approximate surface area is 102 Å². The van der Waals surface area contributed by atoms with E-state index in [-0.39, 0.29) is 12.5 Å². The van der Waals surface area contributed by atoms with Crippen molar-refractivity contribution in [3.8, 4) is 0 Å². The molecule has 4 heteroatoms. The SMILES string of the molecule is Cc1ccc(CNCC(=O)OC(C)(C)C)nc1. The topological polar surface area (TPSA) is 51.2 Å². The first-order chi connectivity index (χ1) is 7.87. The number of carbonyl (C=O) groups is 1. The fourth-order valence-electron chi connectivity index (χ4n) is 1.27. The van der Waals surface area contributed by atoms with Crippen molar-refractivity contribution in [3.05, 3.63) is 29.6 Å². The third kappa shape index (κ3) is 6.02. The first-order valence-electron chi connectivity index (χ1n) is 5.71. The predicted octanol–water partition coefficient (Wildman–Crippen LogP) is 1.82. The summed E-state index contributed by atoms with van der Waals surface area (Å²) in [5.74, 6) is -0.246. The molecule has 0 saturated carbocycles. The van der Waals surface area contributed by atoms with Gasteiger partial charge in [0.25, 0.3) is 0 Å². The summed E-state index contributed by atoms with van der Waals surface area (Å²) < 4.78 is 5.17. The quantitative estimate of drug-likeness (QED) is 0.810. The van der Waals surface area contributed by atoms with E-state index in [9.17, 15) is 4.79 Å². The van der Waals surface area contributed by atoms with E-state index in [4.69, 9.17) is 4.74 Å². The Morgan fingerprint density at radius 1 is 1.41 bits per heavy atom. The second-order valence-electron chi connectivity index (χ2n) is 5.02. The largest absolute Gasteiger partial charge is 0.459 e. The molecule has 0 atom stereocenters. The first-order valence-corrected chi connectivity index (χ1v) is 5.71. The van der Waals surface area contributed by atoms with E-state index >= 15 is 0 Å². The summed E-state index contributed by atoms with van der Waals surface area (Å²) in [6.45, 7) is 8.32. The second kappa shape index (κ2) is 5.77. The Balaban J connectivity index is 2.28. The number of aromatic nitrogens is 1. The first kappa shape index (κ1) is 13.6. The molecule has 1 aromatic heterocycles. The zero-order valence-electron chi connectivity index (χ0n) is 10.9. The van der Waals surface area contributed by atoms with Crippen LogP contribution in [0.2, 0.25) is 0 Å². The minimum atomic E-state index is -0.430. The van der Waals surface area contributed by atoms with E-state index < -0.39 is 5.60 Å². The maximum atomic E-state index is 11.4. The molecule has 1 rings (SSSR count). The summed E-state index contributed by atoms with van der Waals surface area (Å²) in [6.07, 6.45) is 1.81. The van der Waals surface area contributed by atoms with Gasteiger partial charge in [-0.3, -0.25) is 9.78 Å². The van der Waals surface area contributed by atoms with Crippen LogP contribution in [0.5, 0.6) is 0 Å². The zero-order chi connectivity index (χ0) is 12.9.